The monoisotopic (exact) mass is 256 g/mol. The van der Waals surface area contributed by atoms with Gasteiger partial charge in [-0.25, -0.2) is 4.98 Å². The molecule has 3 nitrogen and oxygen atoms in total. The molecule has 0 aliphatic rings. The molecule has 1 aromatic heterocycles. The Balaban J connectivity index is 2.01. The maximum absolute atomic E-state index is 5.80. The Hall–Kier alpha value is -2.03. The van der Waals surface area contributed by atoms with Crippen LogP contribution in [-0.2, 0) is 13.0 Å². The van der Waals surface area contributed by atoms with E-state index in [0.29, 0.717) is 6.61 Å². The summed E-state index contributed by atoms with van der Waals surface area (Å²) in [4.78, 5) is 4.32. The van der Waals surface area contributed by atoms with E-state index in [2.05, 4.69) is 36.3 Å². The maximum atomic E-state index is 5.80. The lowest BCUT2D eigenvalue weighted by molar-refractivity contribution is 0.306. The van der Waals surface area contributed by atoms with E-state index in [9.17, 15) is 0 Å². The molecule has 3 heteroatoms. The zero-order valence-corrected chi connectivity index (χ0v) is 11.5. The number of hydrogen-bond donors (Lipinski definition) is 1. The van der Waals surface area contributed by atoms with Crippen molar-refractivity contribution >= 4 is 5.82 Å². The maximum Gasteiger partial charge on any atom is 0.132 e. The highest BCUT2D eigenvalue weighted by Gasteiger charge is 2.03. The molecule has 0 spiro atoms. The molecule has 19 heavy (non-hydrogen) atoms. The zero-order chi connectivity index (χ0) is 13.5. The molecule has 0 radical (unpaired) electrons. The van der Waals surface area contributed by atoms with Crippen LogP contribution < -0.4 is 10.1 Å². The van der Waals surface area contributed by atoms with Gasteiger partial charge in [0.1, 0.15) is 18.2 Å². The summed E-state index contributed by atoms with van der Waals surface area (Å²) in [6.45, 7) is 5.59. The molecule has 0 saturated carbocycles. The Morgan fingerprint density at radius 2 is 1.89 bits per heavy atom. The van der Waals surface area contributed by atoms with Crippen molar-refractivity contribution < 1.29 is 4.74 Å². The molecule has 0 fully saturated rings. The Labute approximate surface area is 114 Å². The summed E-state index contributed by atoms with van der Waals surface area (Å²) < 4.78 is 5.80. The van der Waals surface area contributed by atoms with E-state index in [1.165, 1.54) is 5.56 Å². The van der Waals surface area contributed by atoms with Crippen LogP contribution >= 0.6 is 0 Å². The molecular formula is C16H20N2O. The minimum Gasteiger partial charge on any atom is -0.489 e. The summed E-state index contributed by atoms with van der Waals surface area (Å²) in [5.74, 6) is 1.79. The minimum atomic E-state index is 0.529. The first kappa shape index (κ1) is 13.4. The van der Waals surface area contributed by atoms with Crippen LogP contribution in [0.3, 0.4) is 0 Å². The quantitative estimate of drug-likeness (QED) is 0.856. The van der Waals surface area contributed by atoms with Crippen molar-refractivity contribution in [3.8, 4) is 5.75 Å². The number of pyridine rings is 1. The number of aromatic nitrogens is 1. The van der Waals surface area contributed by atoms with Crippen LogP contribution in [-0.4, -0.2) is 11.5 Å². The number of benzene rings is 1. The molecule has 0 amide bonds. The minimum absolute atomic E-state index is 0.529. The number of nitrogens with one attached hydrogen (secondary N) is 1. The van der Waals surface area contributed by atoms with Gasteiger partial charge in [-0.3, -0.25) is 0 Å². The highest BCUT2D eigenvalue weighted by molar-refractivity contribution is 5.43. The summed E-state index contributed by atoms with van der Waals surface area (Å²) in [6, 6.07) is 12.2. The Bertz CT molecular complexity index is 508. The predicted molar refractivity (Wildman–Crippen MR) is 78.6 cm³/mol. The fourth-order valence-corrected chi connectivity index (χ4v) is 1.86. The molecule has 0 bridgehead atoms. The van der Waals surface area contributed by atoms with Crippen molar-refractivity contribution in [2.75, 3.05) is 11.9 Å². The van der Waals surface area contributed by atoms with Crippen LogP contribution in [0.25, 0.3) is 0 Å². The van der Waals surface area contributed by atoms with Gasteiger partial charge in [-0.05, 0) is 37.1 Å². The molecule has 1 heterocycles. The van der Waals surface area contributed by atoms with Gasteiger partial charge in [-0.2, -0.15) is 0 Å². The first-order valence-corrected chi connectivity index (χ1v) is 6.73. The van der Waals surface area contributed by atoms with E-state index in [1.807, 2.05) is 24.3 Å². The standard InChI is InChI=1S/C16H20N2O/c1-3-13-7-9-15(10-8-13)19-12-14-6-5-11-18-16(14)17-4-2/h5-11H,3-4,12H2,1-2H3,(H,17,18). The molecule has 0 aliphatic heterocycles. The van der Waals surface area contributed by atoms with Crippen molar-refractivity contribution in [3.63, 3.8) is 0 Å². The van der Waals surface area contributed by atoms with Gasteiger partial charge in [0.25, 0.3) is 0 Å². The van der Waals surface area contributed by atoms with E-state index < -0.39 is 0 Å². The van der Waals surface area contributed by atoms with Gasteiger partial charge in [0.05, 0.1) is 0 Å². The Kier molecular flexibility index (Phi) is 4.78. The number of anilines is 1. The van der Waals surface area contributed by atoms with Crippen molar-refractivity contribution in [3.05, 3.63) is 53.7 Å². The Morgan fingerprint density at radius 3 is 2.58 bits per heavy atom. The second kappa shape index (κ2) is 6.78. The van der Waals surface area contributed by atoms with E-state index >= 15 is 0 Å². The zero-order valence-electron chi connectivity index (χ0n) is 11.5. The third-order valence-electron chi connectivity index (χ3n) is 2.96. The lowest BCUT2D eigenvalue weighted by atomic mass is 10.2. The van der Waals surface area contributed by atoms with Gasteiger partial charge in [0, 0.05) is 18.3 Å². The Morgan fingerprint density at radius 1 is 1.11 bits per heavy atom. The van der Waals surface area contributed by atoms with Gasteiger partial charge in [0.15, 0.2) is 0 Å². The summed E-state index contributed by atoms with van der Waals surface area (Å²) >= 11 is 0. The van der Waals surface area contributed by atoms with Crippen LogP contribution in [0.15, 0.2) is 42.6 Å². The van der Waals surface area contributed by atoms with E-state index in [4.69, 9.17) is 4.74 Å². The van der Waals surface area contributed by atoms with Crippen molar-refractivity contribution in [1.82, 2.24) is 4.98 Å². The van der Waals surface area contributed by atoms with Crippen molar-refractivity contribution in [2.24, 2.45) is 0 Å². The molecular weight excluding hydrogens is 236 g/mol. The smallest absolute Gasteiger partial charge is 0.132 e. The van der Waals surface area contributed by atoms with Crippen molar-refractivity contribution in [2.45, 2.75) is 26.9 Å². The van der Waals surface area contributed by atoms with E-state index in [1.54, 1.807) is 6.20 Å². The second-order valence-corrected chi connectivity index (χ2v) is 4.33. The molecule has 0 aliphatic carbocycles. The van der Waals surface area contributed by atoms with Crippen LogP contribution in [0.1, 0.15) is 25.0 Å². The fourth-order valence-electron chi connectivity index (χ4n) is 1.86. The highest BCUT2D eigenvalue weighted by atomic mass is 16.5. The van der Waals surface area contributed by atoms with Gasteiger partial charge < -0.3 is 10.1 Å². The first-order valence-electron chi connectivity index (χ1n) is 6.73. The van der Waals surface area contributed by atoms with Gasteiger partial charge in [-0.15, -0.1) is 0 Å². The normalized spacial score (nSPS) is 10.2. The average Bonchev–Trinajstić information content (AvgIpc) is 2.47. The van der Waals surface area contributed by atoms with E-state index in [0.717, 1.165) is 30.1 Å². The van der Waals surface area contributed by atoms with E-state index in [-0.39, 0.29) is 0 Å². The number of hydrogen-bond acceptors (Lipinski definition) is 3. The third kappa shape index (κ3) is 3.71. The molecule has 2 aromatic rings. The van der Waals surface area contributed by atoms with Crippen LogP contribution in [0.2, 0.25) is 0 Å². The fraction of sp³-hybridized carbons (Fsp3) is 0.312. The molecule has 0 atom stereocenters. The van der Waals surface area contributed by atoms with Crippen molar-refractivity contribution in [1.29, 1.82) is 0 Å². The molecule has 100 valence electrons. The number of rotatable bonds is 6. The SMILES string of the molecule is CCNc1ncccc1COc1ccc(CC)cc1. The van der Waals surface area contributed by atoms with Crippen LogP contribution in [0.4, 0.5) is 5.82 Å². The number of ether oxygens (including phenoxy) is 1. The summed E-state index contributed by atoms with van der Waals surface area (Å²) in [6.07, 6.45) is 2.84. The molecule has 1 N–H and O–H groups in total. The van der Waals surface area contributed by atoms with Gasteiger partial charge >= 0.3 is 0 Å². The third-order valence-corrected chi connectivity index (χ3v) is 2.96. The second-order valence-electron chi connectivity index (χ2n) is 4.33. The van der Waals surface area contributed by atoms with Crippen LogP contribution in [0, 0.1) is 0 Å². The largest absolute Gasteiger partial charge is 0.489 e. The molecule has 1 aromatic carbocycles. The summed E-state index contributed by atoms with van der Waals surface area (Å²) in [5.41, 5.74) is 2.39. The first-order chi connectivity index (χ1) is 9.33. The average molecular weight is 256 g/mol. The summed E-state index contributed by atoms with van der Waals surface area (Å²) in [7, 11) is 0. The topological polar surface area (TPSA) is 34.2 Å². The lowest BCUT2D eigenvalue weighted by Gasteiger charge is -2.11. The van der Waals surface area contributed by atoms with Gasteiger partial charge in [0.2, 0.25) is 0 Å². The molecule has 2 rings (SSSR count). The predicted octanol–water partition coefficient (Wildman–Crippen LogP) is 3.65. The molecule has 0 unspecified atom stereocenters. The van der Waals surface area contributed by atoms with Gasteiger partial charge in [-0.1, -0.05) is 25.1 Å². The number of nitrogens with zero attached hydrogens (tertiary/aromatic N) is 1. The van der Waals surface area contributed by atoms with Crippen LogP contribution in [0.5, 0.6) is 5.75 Å². The number of aryl methyl sites for hydroxylation is 1. The molecule has 0 saturated heterocycles. The lowest BCUT2D eigenvalue weighted by Crippen LogP contribution is -2.05. The summed E-state index contributed by atoms with van der Waals surface area (Å²) in [5, 5.41) is 3.24. The highest BCUT2D eigenvalue weighted by Crippen LogP contribution is 2.17.